The summed E-state index contributed by atoms with van der Waals surface area (Å²) in [7, 11) is 0. The standard InChI is InChI=1S/8C7H5FO2.4C3H6O.4Ru/c8*8-6-3-1-5(2-4-6)7(9)10;4*1-3(2)4;;;;/h8*1-4H,(H,9,10);4*1-2H3;;;;/q;;;;;;;;;;;;4*+2/p-8. The molecule has 8 aromatic rings. The number of hydrogen-bond donors (Lipinski definition) is 0. The number of ketones is 4. The van der Waals surface area contributed by atoms with Crippen LogP contribution in [0.25, 0.3) is 0 Å². The molecule has 0 radical (unpaired) electrons. The molecule has 0 N–H and O–H groups in total. The summed E-state index contributed by atoms with van der Waals surface area (Å²) in [5.41, 5.74) is -0.101. The topological polar surface area (TPSA) is 389 Å². The SMILES string of the molecule is CC(C)=O.CC(C)=O.CC(C)=O.CC(C)=O.O=C([O-])c1ccc(F)cc1.O=C([O-])c1ccc(F)cc1.O=C([O-])c1ccc(F)cc1.O=C([O-])c1ccc(F)cc1.O=C([O-])c1ccc(F)cc1.O=C([O-])c1ccc(F)cc1.O=C([O-])c1ccc(F)cc1.O=C([O-])c1ccc(F)cc1.[Ru+2].[Ru+2].[Ru+2].[Ru+2]. The van der Waals surface area contributed by atoms with Crippen molar-refractivity contribution < 1.29 is 211 Å². The number of halogens is 8. The van der Waals surface area contributed by atoms with Crippen molar-refractivity contribution in [3.63, 3.8) is 0 Å². The van der Waals surface area contributed by atoms with Crippen LogP contribution in [0.5, 0.6) is 0 Å². The van der Waals surface area contributed by atoms with Crippen molar-refractivity contribution in [1.82, 2.24) is 0 Å². The zero-order chi connectivity index (χ0) is 74.8. The summed E-state index contributed by atoms with van der Waals surface area (Å²) < 4.78 is 97.1. The second-order valence-electron chi connectivity index (χ2n) is 18.0. The molecule has 0 bridgehead atoms. The molecule has 0 aromatic heterocycles. The first-order valence-electron chi connectivity index (χ1n) is 26.2. The van der Waals surface area contributed by atoms with E-state index in [0.29, 0.717) is 0 Å². The maximum Gasteiger partial charge on any atom is 2.00 e. The third kappa shape index (κ3) is 64.1. The molecule has 536 valence electrons. The van der Waals surface area contributed by atoms with E-state index >= 15 is 0 Å². The molecule has 20 nitrogen and oxygen atoms in total. The van der Waals surface area contributed by atoms with E-state index in [1.807, 2.05) is 0 Å². The van der Waals surface area contributed by atoms with E-state index in [4.69, 9.17) is 0 Å². The molecule has 0 saturated heterocycles. The molecule has 0 aliphatic carbocycles. The number of rotatable bonds is 8. The third-order valence-corrected chi connectivity index (χ3v) is 8.64. The average molecular weight is 1750 g/mol. The van der Waals surface area contributed by atoms with Gasteiger partial charge in [0.05, 0.1) is 47.8 Å². The number of Topliss-reactive ketones (excluding diaryl/α,β-unsaturated/α-hetero) is 4. The minimum absolute atomic E-state index is 0. The Bertz CT molecular complexity index is 2990. The Morgan fingerprint density at radius 3 is 0.260 bits per heavy atom. The van der Waals surface area contributed by atoms with Crippen LogP contribution in [0, 0.1) is 46.5 Å². The number of carboxylic acids is 8. The van der Waals surface area contributed by atoms with Crippen molar-refractivity contribution in [3.05, 3.63) is 285 Å². The van der Waals surface area contributed by atoms with Crippen LogP contribution in [0.2, 0.25) is 0 Å². The van der Waals surface area contributed by atoms with Gasteiger partial charge in [-0.15, -0.1) is 0 Å². The van der Waals surface area contributed by atoms with E-state index in [0.717, 1.165) is 194 Å². The molecule has 0 atom stereocenters. The Morgan fingerprint density at radius 1 is 0.170 bits per heavy atom. The smallest absolute Gasteiger partial charge is 0.545 e. The van der Waals surface area contributed by atoms with Crippen molar-refractivity contribution >= 4 is 70.9 Å². The number of carboxylic acid groups (broad SMARTS) is 8. The number of carbonyl (C=O) groups excluding carboxylic acids is 12. The molecule has 0 aliphatic rings. The summed E-state index contributed by atoms with van der Waals surface area (Å²) in [5.74, 6) is -13.3. The molecule has 0 heterocycles. The first kappa shape index (κ1) is 106. The van der Waals surface area contributed by atoms with Crippen molar-refractivity contribution in [3.8, 4) is 0 Å². The van der Waals surface area contributed by atoms with E-state index in [2.05, 4.69) is 0 Å². The van der Waals surface area contributed by atoms with Crippen molar-refractivity contribution in [2.24, 2.45) is 0 Å². The fourth-order valence-electron chi connectivity index (χ4n) is 4.69. The Balaban J connectivity index is -0.000000155. The van der Waals surface area contributed by atoms with Gasteiger partial charge in [0.1, 0.15) is 69.7 Å². The fraction of sp³-hybridized carbons (Fsp3) is 0.118. The van der Waals surface area contributed by atoms with E-state index in [1.165, 1.54) is 55.4 Å². The predicted molar refractivity (Wildman–Crippen MR) is 311 cm³/mol. The van der Waals surface area contributed by atoms with Crippen LogP contribution in [-0.4, -0.2) is 70.9 Å². The summed E-state index contributed by atoms with van der Waals surface area (Å²) in [6.07, 6.45) is 0. The molecule has 8 aromatic carbocycles. The van der Waals surface area contributed by atoms with Gasteiger partial charge in [-0.3, -0.25) is 0 Å². The van der Waals surface area contributed by atoms with Crippen molar-refractivity contribution in [2.45, 2.75) is 55.4 Å². The van der Waals surface area contributed by atoms with Crippen LogP contribution in [-0.2, 0) is 97.1 Å². The minimum atomic E-state index is -1.29. The Hall–Kier alpha value is -9.87. The third-order valence-electron chi connectivity index (χ3n) is 8.64. The average Bonchev–Trinajstić information content (AvgIpc) is 1.81. The van der Waals surface area contributed by atoms with Crippen LogP contribution < -0.4 is 40.9 Å². The van der Waals surface area contributed by atoms with Gasteiger partial charge in [0.15, 0.2) is 0 Å². The number of aromatic carboxylic acids is 8. The maximum atomic E-state index is 12.1. The van der Waals surface area contributed by atoms with Crippen molar-refractivity contribution in [2.75, 3.05) is 0 Å². The van der Waals surface area contributed by atoms with E-state index in [-0.39, 0.29) is 146 Å². The Labute approximate surface area is 618 Å². The number of hydrogen-bond acceptors (Lipinski definition) is 20. The largest absolute Gasteiger partial charge is 2.00 e. The number of carbonyl (C=O) groups is 12. The molecule has 0 unspecified atom stereocenters. The van der Waals surface area contributed by atoms with Crippen LogP contribution in [0.3, 0.4) is 0 Å². The van der Waals surface area contributed by atoms with Crippen LogP contribution in [0.15, 0.2) is 194 Å². The van der Waals surface area contributed by atoms with Gasteiger partial charge in [-0.2, -0.15) is 0 Å². The molecular formula is C68H56F8O20Ru4. The molecular weight excluding hydrogens is 1690 g/mol. The minimum Gasteiger partial charge on any atom is -0.545 e. The fourth-order valence-corrected chi connectivity index (χ4v) is 4.69. The van der Waals surface area contributed by atoms with Crippen LogP contribution in [0.4, 0.5) is 35.1 Å². The maximum absolute atomic E-state index is 12.1. The molecule has 0 amide bonds. The molecule has 0 spiro atoms. The molecule has 8 rings (SSSR count). The molecule has 0 saturated carbocycles. The quantitative estimate of drug-likeness (QED) is 0.154. The van der Waals surface area contributed by atoms with E-state index in [1.54, 1.807) is 0 Å². The zero-order valence-corrected chi connectivity index (χ0v) is 60.0. The van der Waals surface area contributed by atoms with Crippen LogP contribution in [0.1, 0.15) is 138 Å². The summed E-state index contributed by atoms with van der Waals surface area (Å²) in [5, 5.41) is 80.6. The van der Waals surface area contributed by atoms with Gasteiger partial charge in [0, 0.05) is 0 Å². The van der Waals surface area contributed by atoms with Crippen LogP contribution >= 0.6 is 0 Å². The number of benzene rings is 8. The summed E-state index contributed by atoms with van der Waals surface area (Å²) in [6, 6.07) is 35.7. The summed E-state index contributed by atoms with van der Waals surface area (Å²) in [4.78, 5) is 118. The Morgan fingerprint density at radius 2 is 0.220 bits per heavy atom. The zero-order valence-electron chi connectivity index (χ0n) is 53.1. The molecule has 100 heavy (non-hydrogen) atoms. The first-order valence-corrected chi connectivity index (χ1v) is 26.2. The molecule has 0 aliphatic heterocycles. The van der Waals surface area contributed by atoms with E-state index < -0.39 is 94.3 Å². The Kier molecular flexibility index (Phi) is 65.2. The van der Waals surface area contributed by atoms with Gasteiger partial charge < -0.3 is 98.4 Å². The van der Waals surface area contributed by atoms with E-state index in [9.17, 15) is 134 Å². The van der Waals surface area contributed by atoms with Gasteiger partial charge in [-0.25, -0.2) is 35.1 Å². The van der Waals surface area contributed by atoms with Gasteiger partial charge in [0.25, 0.3) is 0 Å². The normalized spacial score (nSPS) is 8.48. The second-order valence-corrected chi connectivity index (χ2v) is 18.0. The monoisotopic (exact) mass is 1750 g/mol. The summed E-state index contributed by atoms with van der Waals surface area (Å²) >= 11 is 0. The van der Waals surface area contributed by atoms with Gasteiger partial charge in [-0.05, 0) is 197 Å². The summed E-state index contributed by atoms with van der Waals surface area (Å²) in [6.45, 7) is 12.2. The predicted octanol–water partition coefficient (Wildman–Crippen LogP) is 3.88. The van der Waals surface area contributed by atoms with Gasteiger partial charge in [-0.1, -0.05) is 97.1 Å². The van der Waals surface area contributed by atoms with Gasteiger partial charge >= 0.3 is 77.9 Å². The first-order chi connectivity index (χ1) is 44.5. The second kappa shape index (κ2) is 61.5. The molecule has 32 heteroatoms. The molecule has 0 fully saturated rings. The van der Waals surface area contributed by atoms with Gasteiger partial charge in [0.2, 0.25) is 0 Å². The van der Waals surface area contributed by atoms with Crippen molar-refractivity contribution in [1.29, 1.82) is 0 Å².